The molecule has 0 spiro atoms. The summed E-state index contributed by atoms with van der Waals surface area (Å²) in [5.41, 5.74) is -0.0925. The van der Waals surface area contributed by atoms with Crippen LogP contribution in [0.25, 0.3) is 0 Å². The molecule has 0 aromatic rings. The zero-order valence-electron chi connectivity index (χ0n) is 11.7. The maximum absolute atomic E-state index is 12.2. The van der Waals surface area contributed by atoms with E-state index in [-0.39, 0.29) is 11.4 Å². The summed E-state index contributed by atoms with van der Waals surface area (Å²) in [6.07, 6.45) is 8.25. The molecule has 19 heavy (non-hydrogen) atoms. The number of nitrogens with one attached hydrogen (secondary N) is 1. The molecule has 4 fully saturated rings. The molecule has 4 bridgehead atoms. The van der Waals surface area contributed by atoms with E-state index in [1.165, 1.54) is 26.2 Å². The lowest BCUT2D eigenvalue weighted by molar-refractivity contribution is -0.126. The third kappa shape index (κ3) is 2.41. The van der Waals surface area contributed by atoms with Crippen LogP contribution in [-0.2, 0) is 14.6 Å². The molecule has 4 rings (SSSR count). The lowest BCUT2D eigenvalue weighted by Crippen LogP contribution is -2.61. The average molecular weight is 285 g/mol. The fraction of sp³-hybridized carbons (Fsp3) is 0.929. The molecule has 0 radical (unpaired) electrons. The second-order valence-electron chi connectivity index (χ2n) is 7.16. The highest BCUT2D eigenvalue weighted by molar-refractivity contribution is 7.92. The molecule has 0 saturated heterocycles. The minimum atomic E-state index is -3.30. The first-order valence-electron chi connectivity index (χ1n) is 7.28. The SMILES string of the molecule is C[C@H](C(=O)NC12CC3CC(CC(C3)C1)C2)S(C)(=O)=O. The minimum Gasteiger partial charge on any atom is -0.350 e. The summed E-state index contributed by atoms with van der Waals surface area (Å²) in [6.45, 7) is 1.49. The first kappa shape index (κ1) is 13.4. The molecule has 0 heterocycles. The van der Waals surface area contributed by atoms with Gasteiger partial charge in [0.25, 0.3) is 0 Å². The van der Waals surface area contributed by atoms with Crippen molar-refractivity contribution in [3.8, 4) is 0 Å². The second kappa shape index (κ2) is 4.21. The predicted molar refractivity (Wildman–Crippen MR) is 73.4 cm³/mol. The summed E-state index contributed by atoms with van der Waals surface area (Å²) in [4.78, 5) is 12.2. The zero-order chi connectivity index (χ0) is 13.8. The molecule has 1 atom stereocenters. The van der Waals surface area contributed by atoms with Gasteiger partial charge in [0.1, 0.15) is 5.25 Å². The highest BCUT2D eigenvalue weighted by Gasteiger charge is 2.51. The van der Waals surface area contributed by atoms with Gasteiger partial charge in [-0.05, 0) is 63.2 Å². The van der Waals surface area contributed by atoms with Crippen LogP contribution in [0.1, 0.15) is 45.4 Å². The maximum atomic E-state index is 12.2. The Morgan fingerprint density at radius 1 is 1.11 bits per heavy atom. The van der Waals surface area contributed by atoms with Crippen molar-refractivity contribution in [2.45, 2.75) is 56.2 Å². The number of carbonyl (C=O) groups is 1. The number of rotatable bonds is 3. The quantitative estimate of drug-likeness (QED) is 0.855. The number of sulfone groups is 1. The van der Waals surface area contributed by atoms with Crippen molar-refractivity contribution >= 4 is 15.7 Å². The van der Waals surface area contributed by atoms with Crippen molar-refractivity contribution < 1.29 is 13.2 Å². The van der Waals surface area contributed by atoms with Crippen LogP contribution in [0, 0.1) is 17.8 Å². The second-order valence-corrected chi connectivity index (χ2v) is 9.53. The summed E-state index contributed by atoms with van der Waals surface area (Å²) in [5, 5.41) is 2.18. The summed E-state index contributed by atoms with van der Waals surface area (Å²) in [6, 6.07) is 0. The summed E-state index contributed by atoms with van der Waals surface area (Å²) in [5.74, 6) is 1.95. The van der Waals surface area contributed by atoms with Crippen molar-refractivity contribution in [3.63, 3.8) is 0 Å². The fourth-order valence-corrected chi connectivity index (χ4v) is 5.27. The number of hydrogen-bond acceptors (Lipinski definition) is 3. The Balaban J connectivity index is 1.75. The number of amides is 1. The molecule has 4 aliphatic rings. The van der Waals surface area contributed by atoms with Crippen LogP contribution in [0.2, 0.25) is 0 Å². The molecule has 5 heteroatoms. The summed E-state index contributed by atoms with van der Waals surface area (Å²) >= 11 is 0. The number of hydrogen-bond donors (Lipinski definition) is 1. The first-order valence-corrected chi connectivity index (χ1v) is 9.24. The van der Waals surface area contributed by atoms with Crippen molar-refractivity contribution in [1.82, 2.24) is 5.32 Å². The Morgan fingerprint density at radius 2 is 1.53 bits per heavy atom. The summed E-state index contributed by atoms with van der Waals surface area (Å²) < 4.78 is 23.0. The van der Waals surface area contributed by atoms with E-state index in [2.05, 4.69) is 5.32 Å². The van der Waals surface area contributed by atoms with E-state index in [1.54, 1.807) is 0 Å². The van der Waals surface area contributed by atoms with Gasteiger partial charge in [-0.25, -0.2) is 8.42 Å². The number of carbonyl (C=O) groups excluding carboxylic acids is 1. The van der Waals surface area contributed by atoms with Crippen molar-refractivity contribution in [2.24, 2.45) is 17.8 Å². The Hall–Kier alpha value is -0.580. The predicted octanol–water partition coefficient (Wildman–Crippen LogP) is 1.50. The van der Waals surface area contributed by atoms with E-state index in [4.69, 9.17) is 0 Å². The van der Waals surface area contributed by atoms with Crippen LogP contribution < -0.4 is 5.32 Å². The van der Waals surface area contributed by atoms with Crippen LogP contribution in [0.5, 0.6) is 0 Å². The maximum Gasteiger partial charge on any atom is 0.238 e. The molecule has 108 valence electrons. The third-order valence-corrected chi connectivity index (χ3v) is 6.94. The summed E-state index contributed by atoms with van der Waals surface area (Å²) in [7, 11) is -3.30. The molecule has 1 amide bonds. The van der Waals surface area contributed by atoms with Crippen LogP contribution in [0.4, 0.5) is 0 Å². The lowest BCUT2D eigenvalue weighted by atomic mass is 9.53. The monoisotopic (exact) mass is 285 g/mol. The van der Waals surface area contributed by atoms with Crippen LogP contribution in [0.3, 0.4) is 0 Å². The van der Waals surface area contributed by atoms with Crippen molar-refractivity contribution in [2.75, 3.05) is 6.26 Å². The Morgan fingerprint density at radius 3 is 1.89 bits per heavy atom. The van der Waals surface area contributed by atoms with Crippen LogP contribution >= 0.6 is 0 Å². The Bertz CT molecular complexity index is 462. The van der Waals surface area contributed by atoms with Gasteiger partial charge in [-0.2, -0.15) is 0 Å². The van der Waals surface area contributed by atoms with Crippen molar-refractivity contribution in [1.29, 1.82) is 0 Å². The van der Waals surface area contributed by atoms with Gasteiger partial charge in [-0.15, -0.1) is 0 Å². The van der Waals surface area contributed by atoms with E-state index in [0.717, 1.165) is 43.3 Å². The highest BCUT2D eigenvalue weighted by atomic mass is 32.2. The molecule has 1 N–H and O–H groups in total. The van der Waals surface area contributed by atoms with Gasteiger partial charge in [0.15, 0.2) is 9.84 Å². The normalized spacial score (nSPS) is 42.1. The molecule has 4 nitrogen and oxygen atoms in total. The largest absolute Gasteiger partial charge is 0.350 e. The topological polar surface area (TPSA) is 63.2 Å². The van der Waals surface area contributed by atoms with Gasteiger partial charge >= 0.3 is 0 Å². The van der Waals surface area contributed by atoms with Gasteiger partial charge in [0.2, 0.25) is 5.91 Å². The lowest BCUT2D eigenvalue weighted by Gasteiger charge is -2.57. The fourth-order valence-electron chi connectivity index (χ4n) is 4.82. The van der Waals surface area contributed by atoms with E-state index >= 15 is 0 Å². The molecule has 0 aliphatic heterocycles. The standard InChI is InChI=1S/C14H23NO3S/c1-9(19(2,17)18)13(16)15-14-6-10-3-11(7-14)5-12(4-10)8-14/h9-12H,3-8H2,1-2H3,(H,15,16)/t9-,10?,11?,12?,14?/m1/s1. The molecule has 4 saturated carbocycles. The van der Waals surface area contributed by atoms with Gasteiger partial charge in [0, 0.05) is 11.8 Å². The van der Waals surface area contributed by atoms with E-state index in [1.807, 2.05) is 0 Å². The van der Waals surface area contributed by atoms with Crippen LogP contribution in [0.15, 0.2) is 0 Å². The third-order valence-electron chi connectivity index (χ3n) is 5.44. The smallest absolute Gasteiger partial charge is 0.238 e. The molecule has 0 aromatic carbocycles. The minimum absolute atomic E-state index is 0.0925. The van der Waals surface area contributed by atoms with Crippen molar-refractivity contribution in [3.05, 3.63) is 0 Å². The van der Waals surface area contributed by atoms with Gasteiger partial charge in [-0.1, -0.05) is 0 Å². The molecule has 4 aliphatic carbocycles. The molecular formula is C14H23NO3S. The highest BCUT2D eigenvalue weighted by Crippen LogP contribution is 2.55. The average Bonchev–Trinajstić information content (AvgIpc) is 2.23. The molecule has 0 aromatic heterocycles. The molecular weight excluding hydrogens is 262 g/mol. The van der Waals surface area contributed by atoms with Gasteiger partial charge in [0.05, 0.1) is 0 Å². The van der Waals surface area contributed by atoms with Crippen LogP contribution in [-0.4, -0.2) is 31.4 Å². The van der Waals surface area contributed by atoms with E-state index in [0.29, 0.717) is 0 Å². The van der Waals surface area contributed by atoms with Gasteiger partial charge in [-0.3, -0.25) is 4.79 Å². The Kier molecular flexibility index (Phi) is 2.97. The first-order chi connectivity index (χ1) is 8.77. The van der Waals surface area contributed by atoms with E-state index < -0.39 is 15.1 Å². The zero-order valence-corrected chi connectivity index (χ0v) is 12.5. The Labute approximate surface area is 115 Å². The van der Waals surface area contributed by atoms with E-state index in [9.17, 15) is 13.2 Å². The molecule has 0 unspecified atom stereocenters. The van der Waals surface area contributed by atoms with Gasteiger partial charge < -0.3 is 5.32 Å².